The summed E-state index contributed by atoms with van der Waals surface area (Å²) >= 11 is 0. The van der Waals surface area contributed by atoms with Crippen molar-refractivity contribution in [3.8, 4) is 0 Å². The zero-order valence-corrected chi connectivity index (χ0v) is 15.6. The average molecular weight is 350 g/mol. The standard InChI is InChI=1S/C16H26N6O3/c1-10-12(11(2)22-14(21(10)6)19-9-20-22)13(23)17-7-8-18-15(24)25-16(3,4)5/h9,11H,7-8H2,1-6H3,(H,17,23)(H,18,24)/t11-/m0/s1. The van der Waals surface area contributed by atoms with Crippen LogP contribution in [0.1, 0.15) is 40.7 Å². The van der Waals surface area contributed by atoms with Gasteiger partial charge in [-0.1, -0.05) is 0 Å². The van der Waals surface area contributed by atoms with Crippen LogP contribution in [-0.2, 0) is 9.53 Å². The molecule has 1 aromatic heterocycles. The molecule has 0 fully saturated rings. The summed E-state index contributed by atoms with van der Waals surface area (Å²) < 4.78 is 6.85. The van der Waals surface area contributed by atoms with Gasteiger partial charge in [0.05, 0.1) is 11.6 Å². The first-order valence-electron chi connectivity index (χ1n) is 8.21. The number of ether oxygens (including phenoxy) is 1. The minimum atomic E-state index is -0.549. The molecule has 25 heavy (non-hydrogen) atoms. The first kappa shape index (κ1) is 18.8. The number of hydrogen-bond donors (Lipinski definition) is 2. The van der Waals surface area contributed by atoms with Gasteiger partial charge < -0.3 is 20.3 Å². The third-order valence-electron chi connectivity index (χ3n) is 3.86. The molecule has 138 valence electrons. The van der Waals surface area contributed by atoms with Gasteiger partial charge in [-0.3, -0.25) is 4.79 Å². The largest absolute Gasteiger partial charge is 0.444 e. The molecule has 1 aliphatic heterocycles. The van der Waals surface area contributed by atoms with Crippen LogP contribution in [0.25, 0.3) is 0 Å². The number of rotatable bonds is 4. The van der Waals surface area contributed by atoms with E-state index in [2.05, 4.69) is 20.7 Å². The minimum absolute atomic E-state index is 0.191. The quantitative estimate of drug-likeness (QED) is 0.792. The number of carbonyl (C=O) groups is 2. The highest BCUT2D eigenvalue weighted by Crippen LogP contribution is 2.31. The SMILES string of the molecule is CC1=C(C(=O)NCCNC(=O)OC(C)(C)C)[C@H](C)n2ncnc2N1C. The predicted octanol–water partition coefficient (Wildman–Crippen LogP) is 1.20. The van der Waals surface area contributed by atoms with Gasteiger partial charge in [0, 0.05) is 25.8 Å². The molecule has 0 unspecified atom stereocenters. The fraction of sp³-hybridized carbons (Fsp3) is 0.625. The number of hydrogen-bond acceptors (Lipinski definition) is 6. The van der Waals surface area contributed by atoms with Crippen molar-refractivity contribution in [2.75, 3.05) is 25.0 Å². The molecule has 0 radical (unpaired) electrons. The molecule has 0 saturated carbocycles. The summed E-state index contributed by atoms with van der Waals surface area (Å²) in [4.78, 5) is 30.2. The third-order valence-corrected chi connectivity index (χ3v) is 3.86. The topological polar surface area (TPSA) is 101 Å². The molecule has 1 atom stereocenters. The van der Waals surface area contributed by atoms with Crippen molar-refractivity contribution in [3.05, 3.63) is 17.6 Å². The maximum Gasteiger partial charge on any atom is 0.407 e. The van der Waals surface area contributed by atoms with Gasteiger partial charge in [0.2, 0.25) is 5.95 Å². The predicted molar refractivity (Wildman–Crippen MR) is 93.1 cm³/mol. The zero-order valence-electron chi connectivity index (χ0n) is 15.6. The second-order valence-electron chi connectivity index (χ2n) is 6.92. The lowest BCUT2D eigenvalue weighted by molar-refractivity contribution is -0.118. The molecular weight excluding hydrogens is 324 g/mol. The minimum Gasteiger partial charge on any atom is -0.444 e. The van der Waals surface area contributed by atoms with Gasteiger partial charge in [-0.2, -0.15) is 10.1 Å². The molecule has 2 amide bonds. The first-order chi connectivity index (χ1) is 11.6. The lowest BCUT2D eigenvalue weighted by Gasteiger charge is -2.31. The van der Waals surface area contributed by atoms with E-state index in [1.165, 1.54) is 6.33 Å². The highest BCUT2D eigenvalue weighted by atomic mass is 16.6. The van der Waals surface area contributed by atoms with Crippen LogP contribution < -0.4 is 15.5 Å². The molecule has 0 bridgehead atoms. The van der Waals surface area contributed by atoms with E-state index in [1.54, 1.807) is 25.5 Å². The number of aromatic nitrogens is 3. The zero-order chi connectivity index (χ0) is 18.8. The molecule has 0 aromatic carbocycles. The molecule has 9 nitrogen and oxygen atoms in total. The van der Waals surface area contributed by atoms with Gasteiger partial charge in [-0.15, -0.1) is 0 Å². The van der Waals surface area contributed by atoms with Crippen molar-refractivity contribution >= 4 is 17.9 Å². The lowest BCUT2D eigenvalue weighted by atomic mass is 10.0. The number of anilines is 1. The number of alkyl carbamates (subject to hydrolysis) is 1. The monoisotopic (exact) mass is 350 g/mol. The molecular formula is C16H26N6O3. The van der Waals surface area contributed by atoms with Crippen molar-refractivity contribution in [3.63, 3.8) is 0 Å². The van der Waals surface area contributed by atoms with Crippen molar-refractivity contribution in [2.24, 2.45) is 0 Å². The van der Waals surface area contributed by atoms with E-state index in [4.69, 9.17) is 4.74 Å². The third kappa shape index (κ3) is 4.28. The number of allylic oxidation sites excluding steroid dienone is 1. The van der Waals surface area contributed by atoms with Crippen LogP contribution in [0.5, 0.6) is 0 Å². The van der Waals surface area contributed by atoms with E-state index in [-0.39, 0.29) is 18.5 Å². The van der Waals surface area contributed by atoms with Gasteiger partial charge in [-0.25, -0.2) is 9.48 Å². The first-order valence-corrected chi connectivity index (χ1v) is 8.21. The highest BCUT2D eigenvalue weighted by Gasteiger charge is 2.31. The second kappa shape index (κ2) is 7.12. The van der Waals surface area contributed by atoms with Crippen LogP contribution in [0.15, 0.2) is 17.6 Å². The normalized spacial score (nSPS) is 17.2. The van der Waals surface area contributed by atoms with Crippen LogP contribution in [0.2, 0.25) is 0 Å². The fourth-order valence-electron chi connectivity index (χ4n) is 2.62. The van der Waals surface area contributed by atoms with Crippen LogP contribution in [0, 0.1) is 0 Å². The summed E-state index contributed by atoms with van der Waals surface area (Å²) in [7, 11) is 1.85. The van der Waals surface area contributed by atoms with E-state index < -0.39 is 11.7 Å². The van der Waals surface area contributed by atoms with Gasteiger partial charge in [0.15, 0.2) is 0 Å². The van der Waals surface area contributed by atoms with Crippen molar-refractivity contribution in [2.45, 2.75) is 46.3 Å². The maximum atomic E-state index is 12.6. The molecule has 1 aliphatic rings. The number of carbonyl (C=O) groups excluding carboxylic acids is 2. The molecule has 1 aromatic rings. The van der Waals surface area contributed by atoms with E-state index in [0.29, 0.717) is 18.1 Å². The molecule has 2 heterocycles. The molecule has 2 rings (SSSR count). The number of nitrogens with zero attached hydrogens (tertiary/aromatic N) is 4. The number of amides is 2. The summed E-state index contributed by atoms with van der Waals surface area (Å²) in [5, 5.41) is 9.62. The Morgan fingerprint density at radius 1 is 1.28 bits per heavy atom. The molecule has 0 saturated heterocycles. The summed E-state index contributed by atoms with van der Waals surface area (Å²) in [6, 6.07) is -0.215. The van der Waals surface area contributed by atoms with Crippen LogP contribution in [-0.4, -0.2) is 52.5 Å². The van der Waals surface area contributed by atoms with Gasteiger partial charge >= 0.3 is 6.09 Å². The Bertz CT molecular complexity index is 688. The Morgan fingerprint density at radius 3 is 2.56 bits per heavy atom. The maximum absolute atomic E-state index is 12.6. The van der Waals surface area contributed by atoms with Crippen LogP contribution in [0.3, 0.4) is 0 Å². The van der Waals surface area contributed by atoms with E-state index >= 15 is 0 Å². The smallest absolute Gasteiger partial charge is 0.407 e. The summed E-state index contributed by atoms with van der Waals surface area (Å²) in [6.45, 7) is 9.75. The second-order valence-corrected chi connectivity index (χ2v) is 6.92. The Hall–Kier alpha value is -2.58. The fourth-order valence-corrected chi connectivity index (χ4v) is 2.62. The van der Waals surface area contributed by atoms with E-state index in [1.807, 2.05) is 25.8 Å². The van der Waals surface area contributed by atoms with E-state index in [0.717, 1.165) is 5.70 Å². The molecule has 9 heteroatoms. The van der Waals surface area contributed by atoms with Crippen molar-refractivity contribution in [1.82, 2.24) is 25.4 Å². The van der Waals surface area contributed by atoms with Crippen molar-refractivity contribution in [1.29, 1.82) is 0 Å². The average Bonchev–Trinajstić information content (AvgIpc) is 2.98. The number of fused-ring (bicyclic) bond motifs is 1. The van der Waals surface area contributed by atoms with Gasteiger partial charge in [-0.05, 0) is 34.6 Å². The highest BCUT2D eigenvalue weighted by molar-refractivity contribution is 5.96. The Morgan fingerprint density at radius 2 is 1.92 bits per heavy atom. The summed E-state index contributed by atoms with van der Waals surface area (Å²) in [5.74, 6) is 0.511. The van der Waals surface area contributed by atoms with Gasteiger partial charge in [0.25, 0.3) is 5.91 Å². The molecule has 0 spiro atoms. The molecule has 0 aliphatic carbocycles. The van der Waals surface area contributed by atoms with E-state index in [9.17, 15) is 9.59 Å². The summed E-state index contributed by atoms with van der Waals surface area (Å²) in [6.07, 6.45) is 0.969. The summed E-state index contributed by atoms with van der Waals surface area (Å²) in [5.41, 5.74) is 0.899. The Labute approximate surface area is 147 Å². The van der Waals surface area contributed by atoms with Gasteiger partial charge in [0.1, 0.15) is 11.9 Å². The number of nitrogens with one attached hydrogen (secondary N) is 2. The van der Waals surface area contributed by atoms with Crippen LogP contribution >= 0.6 is 0 Å². The lowest BCUT2D eigenvalue weighted by Crippen LogP contribution is -2.41. The van der Waals surface area contributed by atoms with Crippen LogP contribution in [0.4, 0.5) is 10.7 Å². The van der Waals surface area contributed by atoms with Crippen molar-refractivity contribution < 1.29 is 14.3 Å². The molecule has 2 N–H and O–H groups in total. The Balaban J connectivity index is 1.91. The Kier molecular flexibility index (Phi) is 5.34.